The normalized spacial score (nSPS) is 15.5. The number of carbonyl (C=O) groups excluding carboxylic acids is 1. The number of pyridine rings is 1. The van der Waals surface area contributed by atoms with Crippen LogP contribution < -0.4 is 14.8 Å². The van der Waals surface area contributed by atoms with Crippen LogP contribution in [0.4, 0.5) is 23.2 Å². The Hall–Kier alpha value is -4.32. The highest BCUT2D eigenvalue weighted by Gasteiger charge is 2.48. The Morgan fingerprint density at radius 3 is 2.51 bits per heavy atom. The number of rotatable bonds is 7. The first-order valence-corrected chi connectivity index (χ1v) is 13.1. The summed E-state index contributed by atoms with van der Waals surface area (Å²) in [6.45, 7) is 0.983. The van der Waals surface area contributed by atoms with Gasteiger partial charge in [0.1, 0.15) is 5.56 Å². The molecule has 0 bridgehead atoms. The van der Waals surface area contributed by atoms with Gasteiger partial charge in [-0.1, -0.05) is 6.07 Å². The second-order valence-corrected chi connectivity index (χ2v) is 11.0. The number of hydrogen-bond acceptors (Lipinski definition) is 9. The number of amides is 1. The molecule has 39 heavy (non-hydrogen) atoms. The number of ether oxygens (including phenoxy) is 2. The lowest BCUT2D eigenvalue weighted by Gasteiger charge is -2.17. The Balaban J connectivity index is 1.79. The molecule has 1 amide bonds. The number of nitrogens with one attached hydrogen (secondary N) is 2. The molecule has 1 unspecified atom stereocenters. The zero-order valence-electron chi connectivity index (χ0n) is 20.6. The SMILES string of the molecule is COc1c(Oc2nnc(C(F)(F)F)c(C)c2C(=O)Nc2cccc(S(C)(=N)=O)c2)ncc(C2(C#N)CC2)c1F. The van der Waals surface area contributed by atoms with E-state index < -0.39 is 67.4 Å². The summed E-state index contributed by atoms with van der Waals surface area (Å²) >= 11 is 0. The maximum atomic E-state index is 15.2. The monoisotopic (exact) mass is 564 g/mol. The van der Waals surface area contributed by atoms with Crippen LogP contribution in [-0.4, -0.2) is 38.7 Å². The molecule has 0 spiro atoms. The molecule has 2 aromatic heterocycles. The Morgan fingerprint density at radius 2 is 1.95 bits per heavy atom. The molecule has 1 aromatic carbocycles. The average Bonchev–Trinajstić information content (AvgIpc) is 3.64. The van der Waals surface area contributed by atoms with Crippen molar-refractivity contribution >= 4 is 21.3 Å². The van der Waals surface area contributed by atoms with E-state index in [2.05, 4.69) is 20.5 Å². The average molecular weight is 565 g/mol. The topological polar surface area (TPSA) is 151 Å². The van der Waals surface area contributed by atoms with E-state index >= 15 is 4.39 Å². The summed E-state index contributed by atoms with van der Waals surface area (Å²) in [6.07, 6.45) is -1.92. The third-order valence-electron chi connectivity index (χ3n) is 6.04. The van der Waals surface area contributed by atoms with Gasteiger partial charge in [-0.15, -0.1) is 10.2 Å². The zero-order chi connectivity index (χ0) is 28.8. The number of methoxy groups -OCH3 is 1. The minimum Gasteiger partial charge on any atom is -0.489 e. The van der Waals surface area contributed by atoms with Gasteiger partial charge in [-0.2, -0.15) is 18.4 Å². The van der Waals surface area contributed by atoms with Crippen LogP contribution >= 0.6 is 0 Å². The predicted molar refractivity (Wildman–Crippen MR) is 129 cm³/mol. The van der Waals surface area contributed by atoms with Crippen molar-refractivity contribution < 1.29 is 36.0 Å². The molecule has 2 heterocycles. The lowest BCUT2D eigenvalue weighted by Crippen LogP contribution is -2.21. The number of aromatic nitrogens is 3. The van der Waals surface area contributed by atoms with Crippen molar-refractivity contribution in [1.29, 1.82) is 10.0 Å². The maximum Gasteiger partial charge on any atom is 0.435 e. The van der Waals surface area contributed by atoms with Gasteiger partial charge in [0.05, 0.1) is 28.3 Å². The summed E-state index contributed by atoms with van der Waals surface area (Å²) < 4.78 is 86.4. The number of carbonyl (C=O) groups is 1. The van der Waals surface area contributed by atoms with E-state index in [1.165, 1.54) is 30.5 Å². The summed E-state index contributed by atoms with van der Waals surface area (Å²) in [6, 6.07) is 7.45. The molecule has 3 aromatic rings. The number of hydrogen-bond donors (Lipinski definition) is 2. The molecule has 0 aliphatic heterocycles. The van der Waals surface area contributed by atoms with Crippen molar-refractivity contribution in [3.8, 4) is 23.6 Å². The second kappa shape index (κ2) is 9.77. The Morgan fingerprint density at radius 1 is 1.26 bits per heavy atom. The smallest absolute Gasteiger partial charge is 0.435 e. The summed E-state index contributed by atoms with van der Waals surface area (Å²) in [5.74, 6) is -3.88. The van der Waals surface area contributed by atoms with Crippen LogP contribution in [0.15, 0.2) is 35.4 Å². The molecule has 10 nitrogen and oxygen atoms in total. The zero-order valence-corrected chi connectivity index (χ0v) is 21.5. The van der Waals surface area contributed by atoms with Crippen LogP contribution in [0.25, 0.3) is 0 Å². The molecule has 0 radical (unpaired) electrons. The van der Waals surface area contributed by atoms with Crippen molar-refractivity contribution in [2.24, 2.45) is 0 Å². The fraction of sp³-hybridized carbons (Fsp3) is 0.292. The molecule has 1 aliphatic carbocycles. The van der Waals surface area contributed by atoms with E-state index in [9.17, 15) is 27.4 Å². The van der Waals surface area contributed by atoms with Crippen LogP contribution in [0.2, 0.25) is 0 Å². The number of anilines is 1. The van der Waals surface area contributed by atoms with E-state index in [1.54, 1.807) is 0 Å². The Kier molecular flexibility index (Phi) is 6.94. The van der Waals surface area contributed by atoms with Crippen LogP contribution in [-0.2, 0) is 21.3 Å². The third-order valence-corrected chi connectivity index (χ3v) is 7.19. The van der Waals surface area contributed by atoms with Gasteiger partial charge in [-0.25, -0.2) is 18.4 Å². The van der Waals surface area contributed by atoms with Gasteiger partial charge >= 0.3 is 6.18 Å². The highest BCUT2D eigenvalue weighted by Crippen LogP contribution is 2.50. The van der Waals surface area contributed by atoms with E-state index in [-0.39, 0.29) is 16.1 Å². The minimum absolute atomic E-state index is 0.0244. The summed E-state index contributed by atoms with van der Waals surface area (Å²) in [4.78, 5) is 17.3. The third kappa shape index (κ3) is 5.32. The second-order valence-electron chi connectivity index (χ2n) is 8.80. The first-order chi connectivity index (χ1) is 18.2. The first kappa shape index (κ1) is 27.7. The molecule has 15 heteroatoms. The van der Waals surface area contributed by atoms with Crippen molar-refractivity contribution in [2.45, 2.75) is 36.3 Å². The lowest BCUT2D eigenvalue weighted by molar-refractivity contribution is -0.142. The molecule has 2 N–H and O–H groups in total. The van der Waals surface area contributed by atoms with Gasteiger partial charge in [0.25, 0.3) is 17.7 Å². The molecular weight excluding hydrogens is 544 g/mol. The van der Waals surface area contributed by atoms with Crippen LogP contribution in [0, 0.1) is 28.9 Å². The van der Waals surface area contributed by atoms with E-state index in [4.69, 9.17) is 14.3 Å². The Labute approximate surface area is 220 Å². The molecular formula is C24H20F4N6O4S. The van der Waals surface area contributed by atoms with Crippen LogP contribution in [0.1, 0.15) is 40.0 Å². The van der Waals surface area contributed by atoms with Crippen molar-refractivity contribution in [3.05, 3.63) is 58.7 Å². The van der Waals surface area contributed by atoms with Crippen molar-refractivity contribution in [1.82, 2.24) is 15.2 Å². The summed E-state index contributed by atoms with van der Waals surface area (Å²) in [5, 5.41) is 18.4. The van der Waals surface area contributed by atoms with Crippen molar-refractivity contribution in [2.75, 3.05) is 18.7 Å². The number of alkyl halides is 3. The molecule has 204 valence electrons. The van der Waals surface area contributed by atoms with Gasteiger partial charge in [-0.05, 0) is 43.5 Å². The predicted octanol–water partition coefficient (Wildman–Crippen LogP) is 4.98. The number of nitrogens with zero attached hydrogens (tertiary/aromatic N) is 4. The minimum atomic E-state index is -4.97. The van der Waals surface area contributed by atoms with Gasteiger partial charge in [0.15, 0.2) is 11.5 Å². The van der Waals surface area contributed by atoms with Gasteiger partial charge < -0.3 is 14.8 Å². The molecule has 1 fully saturated rings. The quantitative estimate of drug-likeness (QED) is 0.381. The van der Waals surface area contributed by atoms with E-state index in [0.717, 1.165) is 20.2 Å². The highest BCUT2D eigenvalue weighted by atomic mass is 32.2. The number of nitriles is 1. The molecule has 1 aliphatic rings. The number of halogens is 4. The fourth-order valence-electron chi connectivity index (χ4n) is 3.81. The van der Waals surface area contributed by atoms with Gasteiger partial charge in [0.2, 0.25) is 5.75 Å². The molecule has 4 rings (SSSR count). The molecule has 1 atom stereocenters. The largest absolute Gasteiger partial charge is 0.489 e. The molecule has 0 saturated heterocycles. The fourth-order valence-corrected chi connectivity index (χ4v) is 4.50. The Bertz CT molecular complexity index is 1630. The molecule has 1 saturated carbocycles. The number of benzene rings is 1. The maximum absolute atomic E-state index is 15.2. The van der Waals surface area contributed by atoms with Crippen LogP contribution in [0.3, 0.4) is 0 Å². The summed E-state index contributed by atoms with van der Waals surface area (Å²) in [7, 11) is -2.05. The van der Waals surface area contributed by atoms with Crippen molar-refractivity contribution in [3.63, 3.8) is 0 Å². The van der Waals surface area contributed by atoms with Crippen LogP contribution in [0.5, 0.6) is 17.5 Å². The van der Waals surface area contributed by atoms with Gasteiger partial charge in [0, 0.05) is 28.6 Å². The van der Waals surface area contributed by atoms with E-state index in [0.29, 0.717) is 12.8 Å². The summed E-state index contributed by atoms with van der Waals surface area (Å²) in [5.41, 5.74) is -3.83. The first-order valence-electron chi connectivity index (χ1n) is 11.1. The highest BCUT2D eigenvalue weighted by molar-refractivity contribution is 7.91. The van der Waals surface area contributed by atoms with E-state index in [1.807, 2.05) is 6.07 Å². The standard InChI is InChI=1S/C24H20F4N6O4S/c1-12-16(20(35)32-13-5-4-6-14(9-13)39(3,30)36)21(34-33-19(12)24(26,27)28)38-22-18(37-2)17(25)15(10-31-22)23(11-29)7-8-23/h4-6,9-10,30H,7-8H2,1-3H3,(H,32,35). The lowest BCUT2D eigenvalue weighted by atomic mass is 9.99. The van der Waals surface area contributed by atoms with Gasteiger partial charge in [-0.3, -0.25) is 4.79 Å².